The molecule has 1 N–H and O–H groups in total. The molecule has 1 amide bonds. The first kappa shape index (κ1) is 18.5. The Morgan fingerprint density at radius 1 is 1.25 bits per heavy atom. The molecule has 2 rings (SSSR count). The van der Waals surface area contributed by atoms with Gasteiger partial charge in [-0.15, -0.1) is 23.1 Å². The van der Waals surface area contributed by atoms with Crippen LogP contribution in [-0.4, -0.2) is 24.2 Å². The van der Waals surface area contributed by atoms with E-state index < -0.39 is 5.97 Å². The lowest BCUT2D eigenvalue weighted by Crippen LogP contribution is -2.23. The van der Waals surface area contributed by atoms with Crippen LogP contribution < -0.4 is 5.32 Å². The van der Waals surface area contributed by atoms with Crippen LogP contribution in [0, 0.1) is 13.8 Å². The van der Waals surface area contributed by atoms with Gasteiger partial charge in [-0.1, -0.05) is 30.3 Å². The Labute approximate surface area is 150 Å². The zero-order valence-corrected chi connectivity index (χ0v) is 15.8. The third kappa shape index (κ3) is 4.39. The summed E-state index contributed by atoms with van der Waals surface area (Å²) in [5.41, 5.74) is 2.49. The Balaban J connectivity index is 2.04. The number of hydrogen-bond acceptors (Lipinski definition) is 5. The predicted molar refractivity (Wildman–Crippen MR) is 101 cm³/mol. The molecule has 0 fully saturated rings. The van der Waals surface area contributed by atoms with Gasteiger partial charge in [0.05, 0.1) is 17.9 Å². The lowest BCUT2D eigenvalue weighted by atomic mass is 10.1. The van der Waals surface area contributed by atoms with Crippen molar-refractivity contribution in [1.82, 2.24) is 0 Å². The van der Waals surface area contributed by atoms with E-state index in [1.165, 1.54) is 24.0 Å². The summed E-state index contributed by atoms with van der Waals surface area (Å²) in [7, 11) is 1.35. The van der Waals surface area contributed by atoms with Gasteiger partial charge in [0, 0.05) is 10.6 Å². The smallest absolute Gasteiger partial charge is 0.341 e. The summed E-state index contributed by atoms with van der Waals surface area (Å²) in [5, 5.41) is 3.22. The Morgan fingerprint density at radius 3 is 2.54 bits per heavy atom. The fraction of sp³-hybridized carbons (Fsp3) is 0.333. The monoisotopic (exact) mass is 363 g/mol. The van der Waals surface area contributed by atoms with Gasteiger partial charge in [-0.05, 0) is 31.9 Å². The summed E-state index contributed by atoms with van der Waals surface area (Å²) in [4.78, 5) is 25.4. The molecule has 24 heavy (non-hydrogen) atoms. The number of benzene rings is 1. The van der Waals surface area contributed by atoms with Crippen molar-refractivity contribution in [3.05, 3.63) is 51.9 Å². The van der Waals surface area contributed by atoms with Crippen molar-refractivity contribution >= 4 is 40.0 Å². The van der Waals surface area contributed by atoms with Crippen LogP contribution in [0.4, 0.5) is 5.00 Å². The van der Waals surface area contributed by atoms with Crippen molar-refractivity contribution in [3.8, 4) is 0 Å². The predicted octanol–water partition coefficient (Wildman–Crippen LogP) is 4.41. The maximum Gasteiger partial charge on any atom is 0.341 e. The number of amides is 1. The minimum Gasteiger partial charge on any atom is -0.465 e. The van der Waals surface area contributed by atoms with Gasteiger partial charge in [0.15, 0.2) is 0 Å². The Hall–Kier alpha value is -1.79. The molecule has 0 aliphatic heterocycles. The Bertz CT molecular complexity index is 725. The van der Waals surface area contributed by atoms with Gasteiger partial charge in [0.1, 0.15) is 5.00 Å². The van der Waals surface area contributed by atoms with Gasteiger partial charge in [0.2, 0.25) is 5.91 Å². The normalized spacial score (nSPS) is 11.8. The summed E-state index contributed by atoms with van der Waals surface area (Å²) in [6.45, 7) is 5.66. The first-order valence-corrected chi connectivity index (χ1v) is 9.45. The maximum absolute atomic E-state index is 12.4. The first-order chi connectivity index (χ1) is 11.4. The molecule has 6 heteroatoms. The molecule has 1 aromatic carbocycles. The van der Waals surface area contributed by atoms with Gasteiger partial charge in [0.25, 0.3) is 0 Å². The molecule has 1 aromatic heterocycles. The van der Waals surface area contributed by atoms with Crippen LogP contribution in [0.25, 0.3) is 0 Å². The average Bonchev–Trinajstić information content (AvgIpc) is 2.86. The van der Waals surface area contributed by atoms with Crippen LogP contribution in [0.2, 0.25) is 0 Å². The van der Waals surface area contributed by atoms with E-state index in [4.69, 9.17) is 4.74 Å². The number of methoxy groups -OCH3 is 1. The quantitative estimate of drug-likeness (QED) is 0.772. The molecular weight excluding hydrogens is 342 g/mol. The number of aryl methyl sites for hydroxylation is 1. The highest BCUT2D eigenvalue weighted by Gasteiger charge is 2.23. The van der Waals surface area contributed by atoms with E-state index >= 15 is 0 Å². The minimum absolute atomic E-state index is 0.109. The van der Waals surface area contributed by atoms with E-state index in [9.17, 15) is 9.59 Å². The highest BCUT2D eigenvalue weighted by molar-refractivity contribution is 7.99. The van der Waals surface area contributed by atoms with Crippen molar-refractivity contribution < 1.29 is 14.3 Å². The largest absolute Gasteiger partial charge is 0.465 e. The zero-order valence-electron chi connectivity index (χ0n) is 14.2. The number of carbonyl (C=O) groups excluding carboxylic acids is 2. The van der Waals surface area contributed by atoms with E-state index in [1.54, 1.807) is 11.8 Å². The van der Waals surface area contributed by atoms with E-state index in [0.717, 1.165) is 16.2 Å². The molecule has 1 heterocycles. The highest BCUT2D eigenvalue weighted by atomic mass is 32.2. The Morgan fingerprint density at radius 2 is 1.92 bits per heavy atom. The molecule has 0 spiro atoms. The van der Waals surface area contributed by atoms with Gasteiger partial charge >= 0.3 is 5.97 Å². The van der Waals surface area contributed by atoms with E-state index in [-0.39, 0.29) is 11.2 Å². The lowest BCUT2D eigenvalue weighted by molar-refractivity contribution is -0.115. The van der Waals surface area contributed by atoms with Crippen molar-refractivity contribution in [2.45, 2.75) is 31.8 Å². The second-order valence-corrected chi connectivity index (χ2v) is 7.96. The van der Waals surface area contributed by atoms with Gasteiger partial charge in [-0.2, -0.15) is 0 Å². The second-order valence-electron chi connectivity index (χ2n) is 5.41. The lowest BCUT2D eigenvalue weighted by Gasteiger charge is -2.12. The standard InChI is InChI=1S/C18H21NO3S2/c1-11-12(2)24-17(15(11)18(21)22-4)19-16(20)13(3)23-10-14-8-6-5-7-9-14/h5-9,13H,10H2,1-4H3,(H,19,20). The SMILES string of the molecule is COC(=O)c1c(NC(=O)C(C)SCc2ccccc2)sc(C)c1C. The summed E-state index contributed by atoms with van der Waals surface area (Å²) >= 11 is 2.97. The second kappa shape index (κ2) is 8.35. The van der Waals surface area contributed by atoms with Crippen LogP contribution in [-0.2, 0) is 15.3 Å². The molecule has 0 bridgehead atoms. The maximum atomic E-state index is 12.4. The fourth-order valence-electron chi connectivity index (χ4n) is 2.15. The number of carbonyl (C=O) groups is 2. The summed E-state index contributed by atoms with van der Waals surface area (Å²) in [5.74, 6) is 0.237. The van der Waals surface area contributed by atoms with Crippen LogP contribution >= 0.6 is 23.1 Å². The van der Waals surface area contributed by atoms with Crippen molar-refractivity contribution in [3.63, 3.8) is 0 Å². The summed E-state index contributed by atoms with van der Waals surface area (Å²) in [6.07, 6.45) is 0. The van der Waals surface area contributed by atoms with E-state index in [1.807, 2.05) is 51.1 Å². The molecule has 0 saturated carbocycles. The number of hydrogen-bond donors (Lipinski definition) is 1. The molecule has 2 aromatic rings. The molecule has 0 radical (unpaired) electrons. The molecule has 128 valence electrons. The van der Waals surface area contributed by atoms with Gasteiger partial charge < -0.3 is 10.1 Å². The molecule has 0 aliphatic rings. The number of ether oxygens (including phenoxy) is 1. The highest BCUT2D eigenvalue weighted by Crippen LogP contribution is 2.33. The summed E-state index contributed by atoms with van der Waals surface area (Å²) in [6, 6.07) is 10.0. The number of esters is 1. The number of rotatable bonds is 6. The van der Waals surface area contributed by atoms with Crippen LogP contribution in [0.1, 0.15) is 33.3 Å². The fourth-order valence-corrected chi connectivity index (χ4v) is 4.04. The average molecular weight is 364 g/mol. The van der Waals surface area contributed by atoms with Crippen LogP contribution in [0.3, 0.4) is 0 Å². The van der Waals surface area contributed by atoms with Crippen LogP contribution in [0.15, 0.2) is 30.3 Å². The number of thiophene rings is 1. The Kier molecular flexibility index (Phi) is 6.45. The van der Waals surface area contributed by atoms with Crippen molar-refractivity contribution in [2.75, 3.05) is 12.4 Å². The van der Waals surface area contributed by atoms with Crippen LogP contribution in [0.5, 0.6) is 0 Å². The zero-order chi connectivity index (χ0) is 17.7. The number of anilines is 1. The number of nitrogens with one attached hydrogen (secondary N) is 1. The molecule has 1 atom stereocenters. The molecular formula is C18H21NO3S2. The third-order valence-electron chi connectivity index (χ3n) is 3.72. The van der Waals surface area contributed by atoms with Crippen molar-refractivity contribution in [1.29, 1.82) is 0 Å². The number of thioether (sulfide) groups is 1. The summed E-state index contributed by atoms with van der Waals surface area (Å²) < 4.78 is 4.83. The van der Waals surface area contributed by atoms with E-state index in [0.29, 0.717) is 10.6 Å². The van der Waals surface area contributed by atoms with Gasteiger partial charge in [-0.25, -0.2) is 4.79 Å². The van der Waals surface area contributed by atoms with Gasteiger partial charge in [-0.3, -0.25) is 4.79 Å². The van der Waals surface area contributed by atoms with Crippen molar-refractivity contribution in [2.24, 2.45) is 0 Å². The molecule has 0 saturated heterocycles. The molecule has 4 nitrogen and oxygen atoms in total. The third-order valence-corrected chi connectivity index (χ3v) is 6.06. The molecule has 1 unspecified atom stereocenters. The topological polar surface area (TPSA) is 55.4 Å². The first-order valence-electron chi connectivity index (χ1n) is 7.58. The molecule has 0 aliphatic carbocycles. The minimum atomic E-state index is -0.420. The van der Waals surface area contributed by atoms with E-state index in [2.05, 4.69) is 5.32 Å².